The van der Waals surface area contributed by atoms with Gasteiger partial charge in [-0.3, -0.25) is 0 Å². The quantitative estimate of drug-likeness (QED) is 0.850. The van der Waals surface area contributed by atoms with Gasteiger partial charge in [0.1, 0.15) is 0 Å². The summed E-state index contributed by atoms with van der Waals surface area (Å²) in [5, 5.41) is 3.93. The Morgan fingerprint density at radius 3 is 3.00 bits per heavy atom. The van der Waals surface area contributed by atoms with Crippen LogP contribution in [0.2, 0.25) is 5.02 Å². The second-order valence-corrected chi connectivity index (χ2v) is 4.77. The zero-order valence-electron chi connectivity index (χ0n) is 10.5. The van der Waals surface area contributed by atoms with Crippen molar-refractivity contribution in [3.63, 3.8) is 0 Å². The van der Waals surface area contributed by atoms with Crippen LogP contribution in [0.4, 0.5) is 0 Å². The van der Waals surface area contributed by atoms with E-state index >= 15 is 0 Å². The van der Waals surface area contributed by atoms with Crippen molar-refractivity contribution in [1.29, 1.82) is 0 Å². The van der Waals surface area contributed by atoms with Crippen LogP contribution in [0.1, 0.15) is 18.9 Å². The SMILES string of the molecule is C=CC(C)NCc1cc(Cl)c2c(c1)OCCCO2. The number of ether oxygens (including phenoxy) is 2. The highest BCUT2D eigenvalue weighted by Gasteiger charge is 2.15. The topological polar surface area (TPSA) is 30.5 Å². The fraction of sp³-hybridized carbons (Fsp3) is 0.429. The third kappa shape index (κ3) is 3.18. The van der Waals surface area contributed by atoms with Crippen LogP contribution >= 0.6 is 11.6 Å². The minimum atomic E-state index is 0.264. The molecule has 0 saturated heterocycles. The highest BCUT2D eigenvalue weighted by atomic mass is 35.5. The van der Waals surface area contributed by atoms with Crippen LogP contribution in [-0.2, 0) is 6.54 Å². The average molecular weight is 268 g/mol. The summed E-state index contributed by atoms with van der Waals surface area (Å²) in [6.45, 7) is 7.84. The van der Waals surface area contributed by atoms with Gasteiger partial charge in [0, 0.05) is 19.0 Å². The molecule has 0 saturated carbocycles. The molecule has 1 N–H and O–H groups in total. The Hall–Kier alpha value is -1.19. The third-order valence-corrected chi connectivity index (χ3v) is 3.12. The van der Waals surface area contributed by atoms with Gasteiger partial charge in [-0.15, -0.1) is 6.58 Å². The predicted molar refractivity (Wildman–Crippen MR) is 73.6 cm³/mol. The Bertz CT molecular complexity index is 434. The molecule has 18 heavy (non-hydrogen) atoms. The van der Waals surface area contributed by atoms with Crippen LogP contribution in [-0.4, -0.2) is 19.3 Å². The summed E-state index contributed by atoms with van der Waals surface area (Å²) in [6.07, 6.45) is 2.75. The van der Waals surface area contributed by atoms with Crippen LogP contribution in [0, 0.1) is 0 Å². The first-order valence-corrected chi connectivity index (χ1v) is 6.52. The van der Waals surface area contributed by atoms with E-state index in [2.05, 4.69) is 18.8 Å². The van der Waals surface area contributed by atoms with Crippen LogP contribution in [0.25, 0.3) is 0 Å². The molecule has 2 rings (SSSR count). The minimum absolute atomic E-state index is 0.264. The lowest BCUT2D eigenvalue weighted by Crippen LogP contribution is -2.22. The van der Waals surface area contributed by atoms with E-state index in [0.717, 1.165) is 24.3 Å². The fourth-order valence-electron chi connectivity index (χ4n) is 1.75. The molecule has 1 aliphatic rings. The summed E-state index contributed by atoms with van der Waals surface area (Å²) in [6, 6.07) is 4.16. The van der Waals surface area contributed by atoms with Gasteiger partial charge in [-0.25, -0.2) is 0 Å². The van der Waals surface area contributed by atoms with Gasteiger partial charge in [0.05, 0.1) is 18.2 Å². The maximum absolute atomic E-state index is 6.22. The summed E-state index contributed by atoms with van der Waals surface area (Å²) in [4.78, 5) is 0. The average Bonchev–Trinajstić information content (AvgIpc) is 2.61. The van der Waals surface area contributed by atoms with E-state index in [0.29, 0.717) is 24.0 Å². The van der Waals surface area contributed by atoms with Crippen molar-refractivity contribution in [3.8, 4) is 11.5 Å². The van der Waals surface area contributed by atoms with Gasteiger partial charge in [-0.2, -0.15) is 0 Å². The molecule has 0 aromatic heterocycles. The molecular formula is C14H18ClNO2. The Kier molecular flexibility index (Phi) is 4.50. The number of fused-ring (bicyclic) bond motifs is 1. The first-order chi connectivity index (χ1) is 8.70. The van der Waals surface area contributed by atoms with Crippen molar-refractivity contribution in [2.75, 3.05) is 13.2 Å². The molecule has 1 aromatic carbocycles. The molecule has 0 fully saturated rings. The third-order valence-electron chi connectivity index (χ3n) is 2.84. The van der Waals surface area contributed by atoms with E-state index in [1.807, 2.05) is 18.2 Å². The van der Waals surface area contributed by atoms with E-state index < -0.39 is 0 Å². The highest BCUT2D eigenvalue weighted by molar-refractivity contribution is 6.32. The lowest BCUT2D eigenvalue weighted by atomic mass is 10.2. The van der Waals surface area contributed by atoms with E-state index in [1.165, 1.54) is 0 Å². The van der Waals surface area contributed by atoms with Gasteiger partial charge in [0.2, 0.25) is 0 Å². The highest BCUT2D eigenvalue weighted by Crippen LogP contribution is 2.37. The minimum Gasteiger partial charge on any atom is -0.489 e. The van der Waals surface area contributed by atoms with Crippen molar-refractivity contribution in [2.24, 2.45) is 0 Å². The molecule has 3 nitrogen and oxygen atoms in total. The van der Waals surface area contributed by atoms with Gasteiger partial charge in [0.25, 0.3) is 0 Å². The van der Waals surface area contributed by atoms with Crippen LogP contribution in [0.15, 0.2) is 24.8 Å². The maximum atomic E-state index is 6.22. The molecule has 4 heteroatoms. The van der Waals surface area contributed by atoms with Crippen molar-refractivity contribution >= 4 is 11.6 Å². The van der Waals surface area contributed by atoms with Crippen LogP contribution in [0.3, 0.4) is 0 Å². The van der Waals surface area contributed by atoms with E-state index in [9.17, 15) is 0 Å². The van der Waals surface area contributed by atoms with Crippen molar-refractivity contribution in [2.45, 2.75) is 25.9 Å². The maximum Gasteiger partial charge on any atom is 0.179 e. The number of benzene rings is 1. The first-order valence-electron chi connectivity index (χ1n) is 6.14. The standard InChI is InChI=1S/C14H18ClNO2/c1-3-10(2)16-9-11-7-12(15)14-13(8-11)17-5-4-6-18-14/h3,7-8,10,16H,1,4-6,9H2,2H3. The molecule has 0 radical (unpaired) electrons. The monoisotopic (exact) mass is 267 g/mol. The van der Waals surface area contributed by atoms with Gasteiger partial charge in [0.15, 0.2) is 11.5 Å². The summed E-state index contributed by atoms with van der Waals surface area (Å²) in [5.41, 5.74) is 1.08. The molecule has 1 unspecified atom stereocenters. The molecule has 98 valence electrons. The molecule has 1 aromatic rings. The van der Waals surface area contributed by atoms with E-state index in [1.54, 1.807) is 0 Å². The van der Waals surface area contributed by atoms with Crippen molar-refractivity contribution < 1.29 is 9.47 Å². The molecule has 0 amide bonds. The number of nitrogens with one attached hydrogen (secondary N) is 1. The molecule has 1 aliphatic heterocycles. The molecule has 0 aliphatic carbocycles. The molecule has 0 spiro atoms. The first kappa shape index (κ1) is 13.2. The molecular weight excluding hydrogens is 250 g/mol. The van der Waals surface area contributed by atoms with Gasteiger partial charge in [-0.1, -0.05) is 17.7 Å². The second-order valence-electron chi connectivity index (χ2n) is 4.36. The van der Waals surface area contributed by atoms with Crippen LogP contribution in [0.5, 0.6) is 11.5 Å². The fourth-order valence-corrected chi connectivity index (χ4v) is 2.04. The normalized spacial score (nSPS) is 15.9. The van der Waals surface area contributed by atoms with Gasteiger partial charge >= 0.3 is 0 Å². The largest absolute Gasteiger partial charge is 0.489 e. The summed E-state index contributed by atoms with van der Waals surface area (Å²) in [5.74, 6) is 1.40. The van der Waals surface area contributed by atoms with Crippen molar-refractivity contribution in [1.82, 2.24) is 5.32 Å². The Morgan fingerprint density at radius 1 is 1.44 bits per heavy atom. The summed E-state index contributed by atoms with van der Waals surface area (Å²) < 4.78 is 11.2. The second kappa shape index (κ2) is 6.12. The Morgan fingerprint density at radius 2 is 2.22 bits per heavy atom. The van der Waals surface area contributed by atoms with E-state index in [4.69, 9.17) is 21.1 Å². The molecule has 1 heterocycles. The molecule has 1 atom stereocenters. The summed E-state index contributed by atoms with van der Waals surface area (Å²) in [7, 11) is 0. The Balaban J connectivity index is 2.15. The summed E-state index contributed by atoms with van der Waals surface area (Å²) >= 11 is 6.22. The molecule has 0 bridgehead atoms. The zero-order chi connectivity index (χ0) is 13.0. The number of hydrogen-bond acceptors (Lipinski definition) is 3. The van der Waals surface area contributed by atoms with Gasteiger partial charge in [-0.05, 0) is 24.6 Å². The lowest BCUT2D eigenvalue weighted by molar-refractivity contribution is 0.297. The zero-order valence-corrected chi connectivity index (χ0v) is 11.3. The van der Waals surface area contributed by atoms with Crippen LogP contribution < -0.4 is 14.8 Å². The smallest absolute Gasteiger partial charge is 0.179 e. The van der Waals surface area contributed by atoms with E-state index in [-0.39, 0.29) is 6.04 Å². The Labute approximate surface area is 113 Å². The number of halogens is 1. The van der Waals surface area contributed by atoms with Gasteiger partial charge < -0.3 is 14.8 Å². The van der Waals surface area contributed by atoms with Crippen molar-refractivity contribution in [3.05, 3.63) is 35.4 Å². The lowest BCUT2D eigenvalue weighted by Gasteiger charge is -2.13. The number of hydrogen-bond donors (Lipinski definition) is 1. The number of rotatable bonds is 4. The predicted octanol–water partition coefficient (Wildman–Crippen LogP) is 3.17.